The first kappa shape index (κ1) is 11.0. The van der Waals surface area contributed by atoms with Crippen LogP contribution in [0.25, 0.3) is 0 Å². The van der Waals surface area contributed by atoms with Gasteiger partial charge in [0.25, 0.3) is 0 Å². The molecule has 0 radical (unpaired) electrons. The zero-order chi connectivity index (χ0) is 10.1. The van der Waals surface area contributed by atoms with E-state index in [9.17, 15) is 0 Å². The minimum absolute atomic E-state index is 0.0207. The van der Waals surface area contributed by atoms with Gasteiger partial charge in [-0.15, -0.1) is 0 Å². The summed E-state index contributed by atoms with van der Waals surface area (Å²) in [4.78, 5) is 0. The van der Waals surface area contributed by atoms with Crippen LogP contribution in [0.2, 0.25) is 5.02 Å². The fourth-order valence-corrected chi connectivity index (χ4v) is 1.53. The maximum atomic E-state index is 5.91. The highest BCUT2D eigenvalue weighted by molar-refractivity contribution is 9.10. The molecule has 3 heteroatoms. The summed E-state index contributed by atoms with van der Waals surface area (Å²) in [6, 6.07) is 5.97. The van der Waals surface area contributed by atoms with Crippen molar-refractivity contribution >= 4 is 27.5 Å². The van der Waals surface area contributed by atoms with Crippen LogP contribution in [0.3, 0.4) is 0 Å². The molecule has 0 saturated carbocycles. The van der Waals surface area contributed by atoms with Crippen LogP contribution >= 0.6 is 27.5 Å². The molecule has 0 saturated heterocycles. The van der Waals surface area contributed by atoms with Crippen LogP contribution in [0.1, 0.15) is 19.4 Å². The molecule has 1 N–H and O–H groups in total. The lowest BCUT2D eigenvalue weighted by atomic mass is 9.95. The summed E-state index contributed by atoms with van der Waals surface area (Å²) in [5.41, 5.74) is 1.19. The quantitative estimate of drug-likeness (QED) is 0.859. The number of nitrogens with one attached hydrogen (secondary N) is 1. The first-order chi connectivity index (χ1) is 5.97. The summed E-state index contributed by atoms with van der Waals surface area (Å²) in [6.45, 7) is 4.26. The lowest BCUT2D eigenvalue weighted by molar-refractivity contribution is 0.444. The van der Waals surface area contributed by atoms with Gasteiger partial charge in [-0.2, -0.15) is 0 Å². The summed E-state index contributed by atoms with van der Waals surface area (Å²) in [5.74, 6) is 0. The fraction of sp³-hybridized carbons (Fsp3) is 0.400. The van der Waals surface area contributed by atoms with Crippen molar-refractivity contribution in [3.8, 4) is 0 Å². The Bertz CT molecular complexity index is 310. The molecule has 0 atom stereocenters. The van der Waals surface area contributed by atoms with E-state index in [-0.39, 0.29) is 5.54 Å². The normalized spacial score (nSPS) is 11.8. The Labute approximate surface area is 92.6 Å². The molecule has 13 heavy (non-hydrogen) atoms. The molecular weight excluding hydrogens is 249 g/mol. The van der Waals surface area contributed by atoms with E-state index in [1.165, 1.54) is 5.56 Å². The van der Waals surface area contributed by atoms with Gasteiger partial charge in [0.2, 0.25) is 0 Å². The highest BCUT2D eigenvalue weighted by Crippen LogP contribution is 2.28. The third kappa shape index (κ3) is 2.46. The van der Waals surface area contributed by atoms with Crippen LogP contribution in [-0.2, 0) is 5.54 Å². The van der Waals surface area contributed by atoms with E-state index >= 15 is 0 Å². The molecule has 0 heterocycles. The first-order valence-electron chi connectivity index (χ1n) is 4.12. The predicted octanol–water partition coefficient (Wildman–Crippen LogP) is 3.56. The molecule has 0 aliphatic heterocycles. The highest BCUT2D eigenvalue weighted by Gasteiger charge is 2.17. The molecule has 0 aromatic heterocycles. The maximum Gasteiger partial charge on any atom is 0.0548 e. The van der Waals surface area contributed by atoms with E-state index < -0.39 is 0 Å². The number of benzene rings is 1. The second-order valence-corrected chi connectivity index (χ2v) is 4.77. The van der Waals surface area contributed by atoms with Crippen molar-refractivity contribution in [2.24, 2.45) is 0 Å². The predicted molar refractivity (Wildman–Crippen MR) is 61.2 cm³/mol. The molecule has 0 aliphatic rings. The van der Waals surface area contributed by atoms with Crippen LogP contribution in [0.15, 0.2) is 22.7 Å². The van der Waals surface area contributed by atoms with Crippen molar-refractivity contribution in [3.05, 3.63) is 33.3 Å². The lowest BCUT2D eigenvalue weighted by Gasteiger charge is -2.24. The van der Waals surface area contributed by atoms with Crippen LogP contribution in [0.4, 0.5) is 0 Å². The Kier molecular flexibility index (Phi) is 3.38. The van der Waals surface area contributed by atoms with Gasteiger partial charge in [0.1, 0.15) is 0 Å². The third-order valence-corrected chi connectivity index (χ3v) is 3.48. The van der Waals surface area contributed by atoms with Crippen molar-refractivity contribution < 1.29 is 0 Å². The van der Waals surface area contributed by atoms with E-state index in [1.807, 2.05) is 25.2 Å². The molecule has 0 fully saturated rings. The van der Waals surface area contributed by atoms with Crippen molar-refractivity contribution in [2.75, 3.05) is 7.05 Å². The molecule has 1 rings (SSSR count). The van der Waals surface area contributed by atoms with Gasteiger partial charge in [0.05, 0.1) is 5.02 Å². The van der Waals surface area contributed by atoms with E-state index in [4.69, 9.17) is 11.6 Å². The smallest absolute Gasteiger partial charge is 0.0548 e. The van der Waals surface area contributed by atoms with Crippen molar-refractivity contribution in [1.29, 1.82) is 0 Å². The molecule has 1 nitrogen and oxygen atoms in total. The van der Waals surface area contributed by atoms with Crippen molar-refractivity contribution in [3.63, 3.8) is 0 Å². The Balaban J connectivity index is 3.10. The maximum absolute atomic E-state index is 5.91. The lowest BCUT2D eigenvalue weighted by Crippen LogP contribution is -2.33. The van der Waals surface area contributed by atoms with Gasteiger partial charge in [-0.1, -0.05) is 17.7 Å². The fourth-order valence-electron chi connectivity index (χ4n) is 1.03. The van der Waals surface area contributed by atoms with Gasteiger partial charge in [0.15, 0.2) is 0 Å². The Morgan fingerprint density at radius 1 is 1.38 bits per heavy atom. The average molecular weight is 263 g/mol. The van der Waals surface area contributed by atoms with Crippen LogP contribution in [-0.4, -0.2) is 7.05 Å². The summed E-state index contributed by atoms with van der Waals surface area (Å²) in [5, 5.41) is 3.99. The number of hydrogen-bond donors (Lipinski definition) is 1. The summed E-state index contributed by atoms with van der Waals surface area (Å²) in [7, 11) is 1.95. The zero-order valence-electron chi connectivity index (χ0n) is 7.99. The standard InChI is InChI=1S/C10H13BrClN/c1-10(2,13-3)7-4-5-9(12)8(11)6-7/h4-6,13H,1-3H3. The van der Waals surface area contributed by atoms with Gasteiger partial charge in [-0.3, -0.25) is 0 Å². The molecule has 72 valence electrons. The molecule has 0 amide bonds. The largest absolute Gasteiger partial charge is 0.311 e. The van der Waals surface area contributed by atoms with Crippen LogP contribution < -0.4 is 5.32 Å². The molecule has 0 spiro atoms. The van der Waals surface area contributed by atoms with Gasteiger partial charge >= 0.3 is 0 Å². The number of hydrogen-bond acceptors (Lipinski definition) is 1. The summed E-state index contributed by atoms with van der Waals surface area (Å²) in [6.07, 6.45) is 0. The number of rotatable bonds is 2. The van der Waals surface area contributed by atoms with Gasteiger partial charge in [-0.25, -0.2) is 0 Å². The van der Waals surface area contributed by atoms with Gasteiger partial charge < -0.3 is 5.32 Å². The van der Waals surface area contributed by atoms with Gasteiger partial charge in [-0.05, 0) is 54.5 Å². The van der Waals surface area contributed by atoms with Crippen LogP contribution in [0.5, 0.6) is 0 Å². The monoisotopic (exact) mass is 261 g/mol. The first-order valence-corrected chi connectivity index (χ1v) is 5.29. The van der Waals surface area contributed by atoms with E-state index in [0.29, 0.717) is 0 Å². The topological polar surface area (TPSA) is 12.0 Å². The summed E-state index contributed by atoms with van der Waals surface area (Å²) < 4.78 is 0.940. The van der Waals surface area contributed by atoms with Crippen molar-refractivity contribution in [2.45, 2.75) is 19.4 Å². The van der Waals surface area contributed by atoms with E-state index in [0.717, 1.165) is 9.50 Å². The molecule has 0 unspecified atom stereocenters. The minimum atomic E-state index is -0.0207. The van der Waals surface area contributed by atoms with E-state index in [2.05, 4.69) is 35.1 Å². The number of halogens is 2. The average Bonchev–Trinajstić information content (AvgIpc) is 2.09. The second kappa shape index (κ2) is 3.99. The second-order valence-electron chi connectivity index (χ2n) is 3.50. The molecular formula is C10H13BrClN. The van der Waals surface area contributed by atoms with Crippen molar-refractivity contribution in [1.82, 2.24) is 5.32 Å². The van der Waals surface area contributed by atoms with Crippen LogP contribution in [0, 0.1) is 0 Å². The molecule has 0 aliphatic carbocycles. The zero-order valence-corrected chi connectivity index (χ0v) is 10.3. The SMILES string of the molecule is CNC(C)(C)c1ccc(Cl)c(Br)c1. The Morgan fingerprint density at radius 2 is 2.00 bits per heavy atom. The summed E-state index contributed by atoms with van der Waals surface area (Å²) >= 11 is 9.31. The Hall–Kier alpha value is -0.0500. The van der Waals surface area contributed by atoms with E-state index in [1.54, 1.807) is 0 Å². The minimum Gasteiger partial charge on any atom is -0.311 e. The van der Waals surface area contributed by atoms with Gasteiger partial charge in [0, 0.05) is 10.0 Å². The molecule has 0 bridgehead atoms. The molecule has 1 aromatic rings. The highest BCUT2D eigenvalue weighted by atomic mass is 79.9. The third-order valence-electron chi connectivity index (χ3n) is 2.27. The molecule has 1 aromatic carbocycles. The Morgan fingerprint density at radius 3 is 2.46 bits per heavy atom.